The molecule has 2 saturated heterocycles. The normalized spacial score (nSPS) is 31.1. The van der Waals surface area contributed by atoms with Crippen LogP contribution < -0.4 is 4.74 Å². The Balaban J connectivity index is 1.63. The summed E-state index contributed by atoms with van der Waals surface area (Å²) < 4.78 is 14.5. The molecule has 2 aliphatic heterocycles. The van der Waals surface area contributed by atoms with Crippen LogP contribution in [0.5, 0.6) is 5.88 Å². The zero-order valence-electron chi connectivity index (χ0n) is 15.0. The lowest BCUT2D eigenvalue weighted by Gasteiger charge is -2.51. The van der Waals surface area contributed by atoms with Crippen LogP contribution in [0.3, 0.4) is 0 Å². The van der Waals surface area contributed by atoms with Gasteiger partial charge in [-0.3, -0.25) is 0 Å². The molecule has 2 aliphatic carbocycles. The van der Waals surface area contributed by atoms with Gasteiger partial charge in [0.2, 0.25) is 5.88 Å². The molecule has 4 aliphatic rings. The molecule has 6 heteroatoms. The fraction of sp³-hybridized carbons (Fsp3) is 0.600. The summed E-state index contributed by atoms with van der Waals surface area (Å²) in [7, 11) is 0. The second kappa shape index (κ2) is 5.46. The molecule has 0 spiro atoms. The highest BCUT2D eigenvalue weighted by molar-refractivity contribution is 5.95. The Labute approximate surface area is 152 Å². The van der Waals surface area contributed by atoms with Crippen LogP contribution in [0, 0.1) is 0 Å². The summed E-state index contributed by atoms with van der Waals surface area (Å²) in [6.07, 6.45) is 7.56. The first kappa shape index (κ1) is 16.1. The minimum absolute atomic E-state index is 0.000203. The van der Waals surface area contributed by atoms with E-state index >= 15 is 0 Å². The molecule has 6 nitrogen and oxygen atoms in total. The van der Waals surface area contributed by atoms with Crippen molar-refractivity contribution in [1.29, 1.82) is 0 Å². The Morgan fingerprint density at radius 3 is 2.65 bits per heavy atom. The maximum absolute atomic E-state index is 11.4. The fourth-order valence-electron chi connectivity index (χ4n) is 4.39. The Kier molecular flexibility index (Phi) is 3.38. The van der Waals surface area contributed by atoms with E-state index in [2.05, 4.69) is 6.92 Å². The van der Waals surface area contributed by atoms with Gasteiger partial charge in [-0.1, -0.05) is 0 Å². The first-order chi connectivity index (χ1) is 12.5. The first-order valence-electron chi connectivity index (χ1n) is 9.55. The number of hydrogen-bond acceptors (Lipinski definition) is 4. The quantitative estimate of drug-likeness (QED) is 0.904. The molecule has 2 saturated carbocycles. The van der Waals surface area contributed by atoms with E-state index in [9.17, 15) is 9.90 Å². The van der Waals surface area contributed by atoms with Gasteiger partial charge in [0.25, 0.3) is 0 Å². The van der Waals surface area contributed by atoms with E-state index in [4.69, 9.17) is 14.6 Å². The Morgan fingerprint density at radius 2 is 2.08 bits per heavy atom. The van der Waals surface area contributed by atoms with Gasteiger partial charge in [0.05, 0.1) is 34.2 Å². The molecular weight excluding hydrogens is 332 g/mol. The maximum Gasteiger partial charge on any atom is 0.335 e. The monoisotopic (exact) mass is 356 g/mol. The van der Waals surface area contributed by atoms with Crippen molar-refractivity contribution in [2.24, 2.45) is 0 Å². The van der Waals surface area contributed by atoms with Crippen LogP contribution in [0.2, 0.25) is 0 Å². The summed E-state index contributed by atoms with van der Waals surface area (Å²) in [5.41, 5.74) is 0.876. The lowest BCUT2D eigenvalue weighted by molar-refractivity contribution is -0.170. The lowest BCUT2D eigenvalue weighted by Crippen LogP contribution is -2.55. The highest BCUT2D eigenvalue weighted by Crippen LogP contribution is 2.49. The molecule has 2 aromatic rings. The van der Waals surface area contributed by atoms with Crippen molar-refractivity contribution in [2.75, 3.05) is 6.61 Å². The predicted molar refractivity (Wildman–Crippen MR) is 95.8 cm³/mol. The van der Waals surface area contributed by atoms with E-state index in [1.54, 1.807) is 18.2 Å². The zero-order valence-corrected chi connectivity index (χ0v) is 15.0. The van der Waals surface area contributed by atoms with Gasteiger partial charge in [-0.2, -0.15) is 5.10 Å². The van der Waals surface area contributed by atoms with Crippen LogP contribution in [0.15, 0.2) is 18.2 Å². The molecule has 1 N–H and O–H groups in total. The zero-order chi connectivity index (χ0) is 17.9. The fourth-order valence-corrected chi connectivity index (χ4v) is 4.39. The number of carboxylic acids is 1. The van der Waals surface area contributed by atoms with Gasteiger partial charge >= 0.3 is 5.97 Å². The molecule has 3 heterocycles. The third-order valence-electron chi connectivity index (χ3n) is 6.58. The van der Waals surface area contributed by atoms with E-state index < -0.39 is 5.97 Å². The summed E-state index contributed by atoms with van der Waals surface area (Å²) >= 11 is 0. The van der Waals surface area contributed by atoms with E-state index in [1.165, 1.54) is 6.42 Å². The number of carboxylic acid groups (broad SMARTS) is 1. The minimum atomic E-state index is -0.929. The molecule has 0 atom stereocenters. The van der Waals surface area contributed by atoms with E-state index in [0.717, 1.165) is 55.3 Å². The summed E-state index contributed by atoms with van der Waals surface area (Å²) in [6, 6.07) is 5.10. The average Bonchev–Trinajstić information content (AvgIpc) is 2.97. The smallest absolute Gasteiger partial charge is 0.335 e. The molecule has 6 rings (SSSR count). The lowest BCUT2D eigenvalue weighted by atomic mass is 9.72. The molecule has 26 heavy (non-hydrogen) atoms. The molecule has 0 radical (unpaired) electrons. The number of aromatic carboxylic acids is 1. The SMILES string of the molecule is CC12CCC(n3nc4ccc(C(=O)O)cc4c3OC3CCC3)(CC1)CO2. The highest BCUT2D eigenvalue weighted by Gasteiger charge is 2.50. The van der Waals surface area contributed by atoms with Crippen molar-refractivity contribution in [3.05, 3.63) is 23.8 Å². The maximum atomic E-state index is 11.4. The Bertz CT molecular complexity index is 859. The predicted octanol–water partition coefficient (Wildman–Crippen LogP) is 3.72. The second-order valence-corrected chi connectivity index (χ2v) is 8.39. The van der Waals surface area contributed by atoms with E-state index in [1.807, 2.05) is 4.68 Å². The number of hydrogen-bond donors (Lipinski definition) is 1. The molecule has 0 amide bonds. The van der Waals surface area contributed by atoms with Crippen molar-refractivity contribution < 1.29 is 19.4 Å². The van der Waals surface area contributed by atoms with Crippen LogP contribution in [0.1, 0.15) is 62.2 Å². The molecule has 1 aromatic heterocycles. The number of carbonyl (C=O) groups is 1. The summed E-state index contributed by atoms with van der Waals surface area (Å²) in [4.78, 5) is 11.4. The molecule has 4 fully saturated rings. The summed E-state index contributed by atoms with van der Waals surface area (Å²) in [6.45, 7) is 2.84. The highest BCUT2D eigenvalue weighted by atomic mass is 16.5. The molecule has 1 aromatic carbocycles. The first-order valence-corrected chi connectivity index (χ1v) is 9.55. The van der Waals surface area contributed by atoms with Gasteiger partial charge < -0.3 is 14.6 Å². The van der Waals surface area contributed by atoms with Crippen molar-refractivity contribution >= 4 is 16.9 Å². The van der Waals surface area contributed by atoms with Gasteiger partial charge in [-0.05, 0) is 70.1 Å². The van der Waals surface area contributed by atoms with Crippen LogP contribution >= 0.6 is 0 Å². The van der Waals surface area contributed by atoms with Crippen LogP contribution in [0.25, 0.3) is 10.9 Å². The van der Waals surface area contributed by atoms with Gasteiger partial charge in [-0.25, -0.2) is 9.48 Å². The van der Waals surface area contributed by atoms with Crippen molar-refractivity contribution in [3.8, 4) is 5.88 Å². The molecule has 138 valence electrons. The largest absolute Gasteiger partial charge is 0.478 e. The second-order valence-electron chi connectivity index (χ2n) is 8.39. The number of ether oxygens (including phenoxy) is 2. The van der Waals surface area contributed by atoms with E-state index in [0.29, 0.717) is 6.61 Å². The van der Waals surface area contributed by atoms with Crippen LogP contribution in [-0.4, -0.2) is 39.2 Å². The molecule has 2 bridgehead atoms. The Morgan fingerprint density at radius 1 is 1.31 bits per heavy atom. The summed E-state index contributed by atoms with van der Waals surface area (Å²) in [5.74, 6) is -0.205. The third-order valence-corrected chi connectivity index (χ3v) is 6.58. The summed E-state index contributed by atoms with van der Waals surface area (Å²) in [5, 5.41) is 15.0. The van der Waals surface area contributed by atoms with Crippen molar-refractivity contribution in [3.63, 3.8) is 0 Å². The topological polar surface area (TPSA) is 73.6 Å². The van der Waals surface area contributed by atoms with Gasteiger partial charge in [0, 0.05) is 0 Å². The molecular formula is C20H24N2O4. The number of benzene rings is 1. The van der Waals surface area contributed by atoms with Crippen LogP contribution in [-0.2, 0) is 10.3 Å². The van der Waals surface area contributed by atoms with Gasteiger partial charge in [-0.15, -0.1) is 0 Å². The number of rotatable bonds is 4. The number of fused-ring (bicyclic) bond motifs is 4. The van der Waals surface area contributed by atoms with Crippen molar-refractivity contribution in [2.45, 2.75) is 69.1 Å². The number of nitrogens with zero attached hydrogens (tertiary/aromatic N) is 2. The van der Waals surface area contributed by atoms with Crippen molar-refractivity contribution in [1.82, 2.24) is 9.78 Å². The van der Waals surface area contributed by atoms with Crippen LogP contribution in [0.4, 0.5) is 0 Å². The third kappa shape index (κ3) is 2.35. The average molecular weight is 356 g/mol. The van der Waals surface area contributed by atoms with Gasteiger partial charge in [0.15, 0.2) is 0 Å². The molecule has 0 unspecified atom stereocenters. The standard InChI is InChI=1S/C20H24N2O4/c1-19-7-9-20(10-8-19,12-25-19)22-17(26-14-3-2-4-14)15-11-13(18(23)24)5-6-16(15)21-22/h5-6,11,14H,2-4,7-10,12H2,1H3,(H,23,24). The van der Waals surface area contributed by atoms with Gasteiger partial charge in [0.1, 0.15) is 6.10 Å². The van der Waals surface area contributed by atoms with E-state index in [-0.39, 0.29) is 22.8 Å². The Hall–Kier alpha value is -2.08. The number of aromatic nitrogens is 2. The minimum Gasteiger partial charge on any atom is -0.478 e.